The molecule has 5 N–H and O–H groups in total. The maximum absolute atomic E-state index is 8.61. The van der Waals surface area contributed by atoms with Crippen LogP contribution in [0.2, 0.25) is 0 Å². The number of nitrogens with zero attached hydrogens (tertiary/aromatic N) is 1. The van der Waals surface area contributed by atoms with E-state index in [4.69, 9.17) is 16.7 Å². The molecule has 68 valence electrons. The first-order chi connectivity index (χ1) is 6.27. The van der Waals surface area contributed by atoms with Crippen molar-refractivity contribution in [2.75, 3.05) is 24.1 Å². The molecule has 0 aliphatic rings. The van der Waals surface area contributed by atoms with Crippen LogP contribution in [-0.2, 0) is 0 Å². The first-order valence-electron chi connectivity index (χ1n) is 4.01. The number of anilines is 2. The van der Waals surface area contributed by atoms with Crippen molar-refractivity contribution in [2.24, 2.45) is 5.73 Å². The summed E-state index contributed by atoms with van der Waals surface area (Å²) in [6.45, 7) is 1.27. The van der Waals surface area contributed by atoms with Gasteiger partial charge in [0.2, 0.25) is 0 Å². The van der Waals surface area contributed by atoms with Crippen LogP contribution in [0.4, 0.5) is 11.4 Å². The van der Waals surface area contributed by atoms with Gasteiger partial charge < -0.3 is 16.8 Å². The van der Waals surface area contributed by atoms with Gasteiger partial charge in [-0.25, -0.2) is 0 Å². The highest BCUT2D eigenvalue weighted by molar-refractivity contribution is 5.62. The van der Waals surface area contributed by atoms with Crippen LogP contribution in [-0.4, -0.2) is 13.1 Å². The predicted molar refractivity (Wildman–Crippen MR) is 53.1 cm³/mol. The van der Waals surface area contributed by atoms with Gasteiger partial charge in [0.05, 0.1) is 11.3 Å². The molecule has 0 aromatic heterocycles. The minimum Gasteiger partial charge on any atom is -0.398 e. The lowest BCUT2D eigenvalue weighted by atomic mass is 10.2. The van der Waals surface area contributed by atoms with Gasteiger partial charge in [0.1, 0.15) is 6.07 Å². The zero-order valence-corrected chi connectivity index (χ0v) is 7.25. The monoisotopic (exact) mass is 176 g/mol. The SMILES string of the molecule is N#Cc1ccc(NCCN)cc1N. The molecule has 0 aliphatic carbocycles. The normalized spacial score (nSPS) is 9.23. The van der Waals surface area contributed by atoms with E-state index in [2.05, 4.69) is 5.32 Å². The fourth-order valence-corrected chi connectivity index (χ4v) is 0.991. The van der Waals surface area contributed by atoms with Gasteiger partial charge in [-0.2, -0.15) is 5.26 Å². The van der Waals surface area contributed by atoms with Gasteiger partial charge in [-0.1, -0.05) is 0 Å². The van der Waals surface area contributed by atoms with Crippen molar-refractivity contribution in [3.05, 3.63) is 23.8 Å². The molecule has 1 rings (SSSR count). The summed E-state index contributed by atoms with van der Waals surface area (Å²) in [5.74, 6) is 0. The largest absolute Gasteiger partial charge is 0.398 e. The average Bonchev–Trinajstić information content (AvgIpc) is 2.15. The second kappa shape index (κ2) is 4.33. The number of nitrogens with one attached hydrogen (secondary N) is 1. The van der Waals surface area contributed by atoms with E-state index >= 15 is 0 Å². The fourth-order valence-electron chi connectivity index (χ4n) is 0.991. The van der Waals surface area contributed by atoms with Crippen molar-refractivity contribution in [3.8, 4) is 6.07 Å². The molecule has 0 radical (unpaired) electrons. The van der Waals surface area contributed by atoms with Gasteiger partial charge in [0.15, 0.2) is 0 Å². The third kappa shape index (κ3) is 2.36. The number of nitrogens with two attached hydrogens (primary N) is 2. The Labute approximate surface area is 77.1 Å². The molecular weight excluding hydrogens is 164 g/mol. The van der Waals surface area contributed by atoms with Gasteiger partial charge in [0, 0.05) is 18.8 Å². The first-order valence-corrected chi connectivity index (χ1v) is 4.01. The molecule has 0 fully saturated rings. The van der Waals surface area contributed by atoms with Gasteiger partial charge >= 0.3 is 0 Å². The Morgan fingerprint density at radius 2 is 2.23 bits per heavy atom. The number of rotatable bonds is 3. The molecule has 0 unspecified atom stereocenters. The van der Waals surface area contributed by atoms with Gasteiger partial charge in [0.25, 0.3) is 0 Å². The van der Waals surface area contributed by atoms with Crippen molar-refractivity contribution >= 4 is 11.4 Å². The van der Waals surface area contributed by atoms with Crippen LogP contribution in [0.1, 0.15) is 5.56 Å². The summed E-state index contributed by atoms with van der Waals surface area (Å²) in [6, 6.07) is 7.23. The Bertz CT molecular complexity index is 327. The van der Waals surface area contributed by atoms with E-state index in [1.807, 2.05) is 12.1 Å². The molecule has 0 atom stereocenters. The molecule has 0 spiro atoms. The molecule has 0 heterocycles. The molecule has 0 saturated carbocycles. The number of hydrogen-bond donors (Lipinski definition) is 3. The van der Waals surface area contributed by atoms with E-state index in [1.165, 1.54) is 0 Å². The van der Waals surface area contributed by atoms with Crippen molar-refractivity contribution in [1.29, 1.82) is 5.26 Å². The van der Waals surface area contributed by atoms with Crippen LogP contribution >= 0.6 is 0 Å². The minimum absolute atomic E-state index is 0.490. The van der Waals surface area contributed by atoms with Crippen LogP contribution in [0, 0.1) is 11.3 Å². The van der Waals surface area contributed by atoms with Crippen LogP contribution in [0.5, 0.6) is 0 Å². The second-order valence-corrected chi connectivity index (χ2v) is 2.63. The number of nitriles is 1. The molecule has 13 heavy (non-hydrogen) atoms. The molecule has 1 aromatic carbocycles. The smallest absolute Gasteiger partial charge is 0.101 e. The quantitative estimate of drug-likeness (QED) is 0.585. The Morgan fingerprint density at radius 1 is 1.46 bits per heavy atom. The summed E-state index contributed by atoms with van der Waals surface area (Å²) in [4.78, 5) is 0. The number of hydrogen-bond acceptors (Lipinski definition) is 4. The molecular formula is C9H12N4. The Kier molecular flexibility index (Phi) is 3.12. The third-order valence-corrected chi connectivity index (χ3v) is 1.65. The highest BCUT2D eigenvalue weighted by Gasteiger charge is 1.98. The second-order valence-electron chi connectivity index (χ2n) is 2.63. The third-order valence-electron chi connectivity index (χ3n) is 1.65. The lowest BCUT2D eigenvalue weighted by Gasteiger charge is -2.05. The number of nitrogen functional groups attached to an aromatic ring is 1. The van der Waals surface area contributed by atoms with Gasteiger partial charge in [-0.3, -0.25) is 0 Å². The molecule has 1 aromatic rings. The van der Waals surface area contributed by atoms with Crippen LogP contribution < -0.4 is 16.8 Å². The fraction of sp³-hybridized carbons (Fsp3) is 0.222. The van der Waals surface area contributed by atoms with Crippen molar-refractivity contribution in [2.45, 2.75) is 0 Å². The van der Waals surface area contributed by atoms with E-state index in [-0.39, 0.29) is 0 Å². The van der Waals surface area contributed by atoms with Gasteiger partial charge in [-0.15, -0.1) is 0 Å². The summed E-state index contributed by atoms with van der Waals surface area (Å²) >= 11 is 0. The molecule has 0 bridgehead atoms. The standard InChI is InChI=1S/C9H12N4/c10-3-4-13-8-2-1-7(6-11)9(12)5-8/h1-2,5,13H,3-4,10,12H2. The van der Waals surface area contributed by atoms with E-state index in [9.17, 15) is 0 Å². The van der Waals surface area contributed by atoms with E-state index in [0.29, 0.717) is 24.3 Å². The molecule has 4 heteroatoms. The first kappa shape index (κ1) is 9.36. The maximum Gasteiger partial charge on any atom is 0.101 e. The van der Waals surface area contributed by atoms with E-state index in [0.717, 1.165) is 5.69 Å². The van der Waals surface area contributed by atoms with Crippen LogP contribution in [0.15, 0.2) is 18.2 Å². The highest BCUT2D eigenvalue weighted by Crippen LogP contribution is 2.16. The Hall–Kier alpha value is -1.73. The van der Waals surface area contributed by atoms with Crippen molar-refractivity contribution in [3.63, 3.8) is 0 Å². The highest BCUT2D eigenvalue weighted by atomic mass is 14.9. The van der Waals surface area contributed by atoms with Crippen LogP contribution in [0.25, 0.3) is 0 Å². The van der Waals surface area contributed by atoms with Crippen molar-refractivity contribution in [1.82, 2.24) is 0 Å². The lowest BCUT2D eigenvalue weighted by Crippen LogP contribution is -2.13. The molecule has 4 nitrogen and oxygen atoms in total. The maximum atomic E-state index is 8.61. The summed E-state index contributed by atoms with van der Waals surface area (Å²) in [6.07, 6.45) is 0. The average molecular weight is 176 g/mol. The summed E-state index contributed by atoms with van der Waals surface area (Å²) in [7, 11) is 0. The number of benzene rings is 1. The Morgan fingerprint density at radius 3 is 2.77 bits per heavy atom. The summed E-state index contributed by atoms with van der Waals surface area (Å²) < 4.78 is 0. The van der Waals surface area contributed by atoms with Gasteiger partial charge in [-0.05, 0) is 18.2 Å². The van der Waals surface area contributed by atoms with E-state index < -0.39 is 0 Å². The zero-order valence-electron chi connectivity index (χ0n) is 7.25. The molecule has 0 saturated heterocycles. The molecule has 0 aliphatic heterocycles. The zero-order chi connectivity index (χ0) is 9.68. The topological polar surface area (TPSA) is 87.9 Å². The predicted octanol–water partition coefficient (Wildman–Crippen LogP) is 0.511. The van der Waals surface area contributed by atoms with Crippen molar-refractivity contribution < 1.29 is 0 Å². The van der Waals surface area contributed by atoms with E-state index in [1.54, 1.807) is 12.1 Å². The summed E-state index contributed by atoms with van der Waals surface area (Å²) in [5.41, 5.74) is 12.8. The minimum atomic E-state index is 0.490. The Balaban J connectivity index is 2.79. The molecule has 0 amide bonds. The van der Waals surface area contributed by atoms with Crippen LogP contribution in [0.3, 0.4) is 0 Å². The summed E-state index contributed by atoms with van der Waals surface area (Å²) in [5, 5.41) is 11.7. The lowest BCUT2D eigenvalue weighted by molar-refractivity contribution is 1.02.